The van der Waals surface area contributed by atoms with Gasteiger partial charge >= 0.3 is 0 Å². The number of nitrogens with one attached hydrogen (secondary N) is 1. The summed E-state index contributed by atoms with van der Waals surface area (Å²) < 4.78 is 0.742. The number of hydrogen-bond acceptors (Lipinski definition) is 4. The molecule has 0 aromatic heterocycles. The van der Waals surface area contributed by atoms with Crippen LogP contribution >= 0.6 is 15.9 Å². The first-order valence-corrected chi connectivity index (χ1v) is 7.63. The Labute approximate surface area is 126 Å². The van der Waals surface area contributed by atoms with Crippen molar-refractivity contribution in [3.05, 3.63) is 32.8 Å². The zero-order valence-electron chi connectivity index (χ0n) is 11.6. The molecule has 3 rings (SSSR count). The quantitative estimate of drug-likeness (QED) is 0.664. The van der Waals surface area contributed by atoms with Gasteiger partial charge in [-0.1, -0.05) is 15.9 Å². The van der Waals surface area contributed by atoms with Crippen LogP contribution in [0.1, 0.15) is 13.8 Å². The molecular formula is C14H18BrN3O2. The van der Waals surface area contributed by atoms with E-state index in [0.29, 0.717) is 11.8 Å². The fourth-order valence-corrected chi connectivity index (χ4v) is 4.05. The standard InChI is InChI=1S/C14H18BrN3O2/c1-14(2)11-7-16-6-9(11)8-17(14)12-4-3-10(15)5-13(12)18(19)20/h3-5,9,11,16H,6-8H2,1-2H3. The van der Waals surface area contributed by atoms with Gasteiger partial charge in [-0.15, -0.1) is 0 Å². The van der Waals surface area contributed by atoms with Crippen LogP contribution in [0.25, 0.3) is 0 Å². The molecule has 1 aromatic rings. The van der Waals surface area contributed by atoms with Crippen molar-refractivity contribution in [1.82, 2.24) is 5.32 Å². The van der Waals surface area contributed by atoms with Crippen molar-refractivity contribution >= 4 is 27.3 Å². The Hall–Kier alpha value is -1.14. The van der Waals surface area contributed by atoms with Crippen LogP contribution in [0.15, 0.2) is 22.7 Å². The van der Waals surface area contributed by atoms with E-state index < -0.39 is 0 Å². The summed E-state index contributed by atoms with van der Waals surface area (Å²) in [4.78, 5) is 13.3. The Bertz CT molecular complexity index is 561. The van der Waals surface area contributed by atoms with Gasteiger partial charge in [0.05, 0.1) is 4.92 Å². The van der Waals surface area contributed by atoms with E-state index in [4.69, 9.17) is 0 Å². The average Bonchev–Trinajstić information content (AvgIpc) is 2.92. The number of anilines is 1. The van der Waals surface area contributed by atoms with E-state index in [9.17, 15) is 10.1 Å². The monoisotopic (exact) mass is 339 g/mol. The predicted molar refractivity (Wildman–Crippen MR) is 82.1 cm³/mol. The summed E-state index contributed by atoms with van der Waals surface area (Å²) in [5.41, 5.74) is 0.852. The average molecular weight is 340 g/mol. The lowest BCUT2D eigenvalue weighted by Gasteiger charge is -2.37. The molecule has 0 spiro atoms. The number of rotatable bonds is 2. The van der Waals surface area contributed by atoms with E-state index in [2.05, 4.69) is 40.0 Å². The molecule has 1 aromatic carbocycles. The molecule has 20 heavy (non-hydrogen) atoms. The maximum Gasteiger partial charge on any atom is 0.293 e. The van der Waals surface area contributed by atoms with Crippen molar-refractivity contribution in [2.24, 2.45) is 11.8 Å². The van der Waals surface area contributed by atoms with Crippen molar-refractivity contribution in [3.63, 3.8) is 0 Å². The third-order valence-electron chi connectivity index (χ3n) is 4.78. The molecule has 0 bridgehead atoms. The van der Waals surface area contributed by atoms with Gasteiger partial charge in [-0.2, -0.15) is 0 Å². The molecule has 2 aliphatic heterocycles. The largest absolute Gasteiger partial charge is 0.360 e. The zero-order valence-corrected chi connectivity index (χ0v) is 13.2. The Morgan fingerprint density at radius 3 is 2.85 bits per heavy atom. The van der Waals surface area contributed by atoms with Crippen LogP contribution in [0.3, 0.4) is 0 Å². The van der Waals surface area contributed by atoms with Crippen LogP contribution in [0.5, 0.6) is 0 Å². The molecule has 0 amide bonds. The second-order valence-electron chi connectivity index (χ2n) is 6.18. The predicted octanol–water partition coefficient (Wildman–Crippen LogP) is 2.79. The first-order valence-electron chi connectivity index (χ1n) is 6.83. The minimum absolute atomic E-state index is 0.0627. The lowest BCUT2D eigenvalue weighted by molar-refractivity contribution is -0.384. The molecule has 108 valence electrons. The van der Waals surface area contributed by atoms with Gasteiger partial charge in [-0.3, -0.25) is 10.1 Å². The van der Waals surface area contributed by atoms with Crippen molar-refractivity contribution in [2.75, 3.05) is 24.5 Å². The summed E-state index contributed by atoms with van der Waals surface area (Å²) in [6.07, 6.45) is 0. The lowest BCUT2D eigenvalue weighted by atomic mass is 9.84. The van der Waals surface area contributed by atoms with E-state index in [-0.39, 0.29) is 16.1 Å². The topological polar surface area (TPSA) is 58.4 Å². The highest BCUT2D eigenvalue weighted by molar-refractivity contribution is 9.10. The molecule has 2 atom stereocenters. The fraction of sp³-hybridized carbons (Fsp3) is 0.571. The molecule has 0 aliphatic carbocycles. The minimum atomic E-state index is -0.289. The molecule has 0 saturated carbocycles. The van der Waals surface area contributed by atoms with Crippen LogP contribution < -0.4 is 10.2 Å². The first kappa shape index (κ1) is 13.8. The van der Waals surface area contributed by atoms with Crippen LogP contribution in [0, 0.1) is 22.0 Å². The molecule has 6 heteroatoms. The third-order valence-corrected chi connectivity index (χ3v) is 5.28. The van der Waals surface area contributed by atoms with E-state index in [1.54, 1.807) is 6.07 Å². The van der Waals surface area contributed by atoms with Gasteiger partial charge in [-0.25, -0.2) is 0 Å². The summed E-state index contributed by atoms with van der Waals surface area (Å²) in [5.74, 6) is 1.12. The van der Waals surface area contributed by atoms with Crippen molar-refractivity contribution in [3.8, 4) is 0 Å². The van der Waals surface area contributed by atoms with E-state index in [1.165, 1.54) is 0 Å². The molecule has 2 fully saturated rings. The highest BCUT2D eigenvalue weighted by Gasteiger charge is 2.50. The van der Waals surface area contributed by atoms with Gasteiger partial charge in [0.25, 0.3) is 5.69 Å². The number of fused-ring (bicyclic) bond motifs is 1. The number of nitro benzene ring substituents is 1. The Kier molecular flexibility index (Phi) is 3.25. The van der Waals surface area contributed by atoms with Gasteiger partial charge in [0.2, 0.25) is 0 Å². The van der Waals surface area contributed by atoms with Crippen molar-refractivity contribution in [1.29, 1.82) is 0 Å². The highest BCUT2D eigenvalue weighted by atomic mass is 79.9. The summed E-state index contributed by atoms with van der Waals surface area (Å²) in [5, 5.41) is 14.8. The number of hydrogen-bond donors (Lipinski definition) is 1. The van der Waals surface area contributed by atoms with Gasteiger partial charge in [0.1, 0.15) is 5.69 Å². The molecule has 2 saturated heterocycles. The van der Waals surface area contributed by atoms with Gasteiger partial charge in [0.15, 0.2) is 0 Å². The molecule has 5 nitrogen and oxygen atoms in total. The summed E-state index contributed by atoms with van der Waals surface area (Å²) in [6, 6.07) is 5.33. The van der Waals surface area contributed by atoms with Crippen LogP contribution in [0.2, 0.25) is 0 Å². The molecule has 1 N–H and O–H groups in total. The maximum absolute atomic E-state index is 11.3. The van der Waals surface area contributed by atoms with Crippen molar-refractivity contribution in [2.45, 2.75) is 19.4 Å². The maximum atomic E-state index is 11.3. The second-order valence-corrected chi connectivity index (χ2v) is 7.09. The smallest absolute Gasteiger partial charge is 0.293 e. The molecule has 2 unspecified atom stereocenters. The minimum Gasteiger partial charge on any atom is -0.360 e. The molecule has 2 aliphatic rings. The summed E-state index contributed by atoms with van der Waals surface area (Å²) in [7, 11) is 0. The molecular weight excluding hydrogens is 322 g/mol. The Morgan fingerprint density at radius 1 is 1.45 bits per heavy atom. The zero-order chi connectivity index (χ0) is 14.5. The normalized spacial score (nSPS) is 27.6. The lowest BCUT2D eigenvalue weighted by Crippen LogP contribution is -2.44. The Morgan fingerprint density at radius 2 is 2.20 bits per heavy atom. The van der Waals surface area contributed by atoms with Crippen LogP contribution in [-0.2, 0) is 0 Å². The summed E-state index contributed by atoms with van der Waals surface area (Å²) >= 11 is 3.32. The van der Waals surface area contributed by atoms with E-state index in [0.717, 1.165) is 29.8 Å². The molecule has 2 heterocycles. The third kappa shape index (κ3) is 2.02. The number of benzene rings is 1. The van der Waals surface area contributed by atoms with Gasteiger partial charge < -0.3 is 10.2 Å². The number of nitrogens with zero attached hydrogens (tertiary/aromatic N) is 2. The van der Waals surface area contributed by atoms with Gasteiger partial charge in [-0.05, 0) is 37.8 Å². The van der Waals surface area contributed by atoms with Crippen LogP contribution in [0.4, 0.5) is 11.4 Å². The fourth-order valence-electron chi connectivity index (χ4n) is 3.70. The SMILES string of the molecule is CC1(C)C2CNCC2CN1c1ccc(Br)cc1[N+](=O)[O-]. The number of halogens is 1. The van der Waals surface area contributed by atoms with E-state index in [1.807, 2.05) is 12.1 Å². The first-order chi connectivity index (χ1) is 9.41. The van der Waals surface area contributed by atoms with Crippen molar-refractivity contribution < 1.29 is 4.92 Å². The van der Waals surface area contributed by atoms with Gasteiger partial charge in [0, 0.05) is 35.7 Å². The van der Waals surface area contributed by atoms with E-state index >= 15 is 0 Å². The molecule has 0 radical (unpaired) electrons. The summed E-state index contributed by atoms with van der Waals surface area (Å²) in [6.45, 7) is 7.27. The second kappa shape index (κ2) is 4.70. The number of nitro groups is 1. The highest BCUT2D eigenvalue weighted by Crippen LogP contribution is 2.46. The van der Waals surface area contributed by atoms with Crippen LogP contribution in [-0.4, -0.2) is 30.1 Å². The Balaban J connectivity index is 2.04.